The maximum atomic E-state index is 13.0. The molecule has 0 unspecified atom stereocenters. The van der Waals surface area contributed by atoms with E-state index in [0.29, 0.717) is 0 Å². The van der Waals surface area contributed by atoms with Crippen molar-refractivity contribution >= 4 is 40.0 Å². The molecule has 6 nitrogen and oxygen atoms in total. The van der Waals surface area contributed by atoms with Crippen LogP contribution in [-0.2, 0) is 6.18 Å². The van der Waals surface area contributed by atoms with E-state index in [4.69, 9.17) is 11.6 Å². The highest BCUT2D eigenvalue weighted by molar-refractivity contribution is 7.15. The van der Waals surface area contributed by atoms with Crippen LogP contribution < -0.4 is 10.6 Å². The van der Waals surface area contributed by atoms with Crippen molar-refractivity contribution in [3.8, 4) is 0 Å². The van der Waals surface area contributed by atoms with Crippen LogP contribution in [0, 0.1) is 5.82 Å². The number of carbonyl (C=O) groups excluding carboxylic acids is 2. The molecule has 0 bridgehead atoms. The second-order valence-electron chi connectivity index (χ2n) is 3.95. The molecule has 0 saturated carbocycles. The standard InChI is InChI=1S/C11H5ClF4N4O2S/c12-5-3-4(1-2-6(5)13)7(21)17-9(22)18-10-20-19-8(23-10)11(14,15)16/h1-3H,(H2,17,18,20,21,22). The molecule has 23 heavy (non-hydrogen) atoms. The molecule has 1 aromatic heterocycles. The average Bonchev–Trinajstić information content (AvgIpc) is 2.90. The van der Waals surface area contributed by atoms with Gasteiger partial charge in [-0.15, -0.1) is 10.2 Å². The second-order valence-corrected chi connectivity index (χ2v) is 5.33. The maximum absolute atomic E-state index is 13.0. The number of nitrogens with zero attached hydrogens (tertiary/aromatic N) is 2. The van der Waals surface area contributed by atoms with Crippen LogP contribution in [0.1, 0.15) is 15.4 Å². The number of alkyl halides is 3. The number of amides is 3. The third-order valence-electron chi connectivity index (χ3n) is 2.30. The van der Waals surface area contributed by atoms with Gasteiger partial charge in [-0.2, -0.15) is 13.2 Å². The first-order valence-electron chi connectivity index (χ1n) is 5.65. The number of imide groups is 1. The topological polar surface area (TPSA) is 84.0 Å². The molecule has 3 amide bonds. The number of halogens is 5. The van der Waals surface area contributed by atoms with Gasteiger partial charge in [0.2, 0.25) is 10.1 Å². The minimum absolute atomic E-state index is 0.0943. The molecule has 2 rings (SSSR count). The molecule has 0 aliphatic rings. The van der Waals surface area contributed by atoms with E-state index in [1.54, 1.807) is 0 Å². The first-order chi connectivity index (χ1) is 10.7. The molecular formula is C11H5ClF4N4O2S. The molecule has 1 aromatic carbocycles. The molecule has 0 fully saturated rings. The summed E-state index contributed by atoms with van der Waals surface area (Å²) in [5, 5.41) is 7.72. The van der Waals surface area contributed by atoms with Crippen molar-refractivity contribution in [1.29, 1.82) is 0 Å². The third kappa shape index (κ3) is 4.36. The lowest BCUT2D eigenvalue weighted by Gasteiger charge is -2.04. The van der Waals surface area contributed by atoms with Crippen LogP contribution in [0.25, 0.3) is 0 Å². The minimum atomic E-state index is -4.69. The Morgan fingerprint density at radius 3 is 2.48 bits per heavy atom. The molecule has 0 atom stereocenters. The zero-order valence-electron chi connectivity index (χ0n) is 10.7. The summed E-state index contributed by atoms with van der Waals surface area (Å²) < 4.78 is 49.9. The van der Waals surface area contributed by atoms with Gasteiger partial charge in [-0.25, -0.2) is 9.18 Å². The summed E-state index contributed by atoms with van der Waals surface area (Å²) >= 11 is 5.59. The normalized spacial score (nSPS) is 11.2. The molecule has 2 N–H and O–H groups in total. The van der Waals surface area contributed by atoms with Gasteiger partial charge in [0.05, 0.1) is 5.02 Å². The molecule has 0 aliphatic heterocycles. The SMILES string of the molecule is O=C(NC(=O)c1ccc(F)c(Cl)c1)Nc1nnc(C(F)(F)F)s1. The Bertz CT molecular complexity index is 765. The smallest absolute Gasteiger partial charge is 0.282 e. The van der Waals surface area contributed by atoms with Crippen LogP contribution in [0.3, 0.4) is 0 Å². The minimum Gasteiger partial charge on any atom is -0.282 e. The van der Waals surface area contributed by atoms with Gasteiger partial charge in [0.15, 0.2) is 0 Å². The number of anilines is 1. The summed E-state index contributed by atoms with van der Waals surface area (Å²) in [6.45, 7) is 0. The van der Waals surface area contributed by atoms with Crippen molar-refractivity contribution < 1.29 is 27.2 Å². The molecule has 12 heteroatoms. The van der Waals surface area contributed by atoms with Crippen molar-refractivity contribution in [2.75, 3.05) is 5.32 Å². The summed E-state index contributed by atoms with van der Waals surface area (Å²) in [6.07, 6.45) is -4.69. The Kier molecular flexibility index (Phi) is 4.80. The number of hydrogen-bond donors (Lipinski definition) is 2. The number of aromatic nitrogens is 2. The van der Waals surface area contributed by atoms with Crippen LogP contribution in [-0.4, -0.2) is 22.1 Å². The second kappa shape index (κ2) is 6.46. The first kappa shape index (κ1) is 17.1. The highest BCUT2D eigenvalue weighted by atomic mass is 35.5. The van der Waals surface area contributed by atoms with Crippen molar-refractivity contribution in [3.05, 3.63) is 39.6 Å². The summed E-state index contributed by atoms with van der Waals surface area (Å²) in [6, 6.07) is 1.87. The van der Waals surface area contributed by atoms with Crippen LogP contribution >= 0.6 is 22.9 Å². The van der Waals surface area contributed by atoms with Gasteiger partial charge in [0.1, 0.15) is 5.82 Å². The Morgan fingerprint density at radius 2 is 1.91 bits per heavy atom. The summed E-state index contributed by atoms with van der Waals surface area (Å²) in [4.78, 5) is 23.2. The van der Waals surface area contributed by atoms with Gasteiger partial charge in [-0.1, -0.05) is 22.9 Å². The summed E-state index contributed by atoms with van der Waals surface area (Å²) in [5.41, 5.74) is -0.111. The van der Waals surface area contributed by atoms with Crippen LogP contribution in [0.15, 0.2) is 18.2 Å². The Labute approximate surface area is 134 Å². The first-order valence-corrected chi connectivity index (χ1v) is 6.84. The highest BCUT2D eigenvalue weighted by Gasteiger charge is 2.35. The highest BCUT2D eigenvalue weighted by Crippen LogP contribution is 2.32. The van der Waals surface area contributed by atoms with E-state index < -0.39 is 34.1 Å². The lowest BCUT2D eigenvalue weighted by atomic mass is 10.2. The van der Waals surface area contributed by atoms with Crippen molar-refractivity contribution in [2.24, 2.45) is 0 Å². The fraction of sp³-hybridized carbons (Fsp3) is 0.0909. The average molecular weight is 369 g/mol. The van der Waals surface area contributed by atoms with E-state index in [9.17, 15) is 27.2 Å². The van der Waals surface area contributed by atoms with E-state index in [-0.39, 0.29) is 21.9 Å². The maximum Gasteiger partial charge on any atom is 0.445 e. The van der Waals surface area contributed by atoms with E-state index in [1.807, 2.05) is 10.6 Å². The lowest BCUT2D eigenvalue weighted by Crippen LogP contribution is -2.34. The summed E-state index contributed by atoms with van der Waals surface area (Å²) in [5.74, 6) is -1.67. The number of hydrogen-bond acceptors (Lipinski definition) is 5. The molecule has 0 aliphatic carbocycles. The van der Waals surface area contributed by atoms with Gasteiger partial charge < -0.3 is 0 Å². The van der Waals surface area contributed by atoms with Gasteiger partial charge in [0, 0.05) is 5.56 Å². The van der Waals surface area contributed by atoms with Gasteiger partial charge in [-0.3, -0.25) is 15.4 Å². The molecular weight excluding hydrogens is 364 g/mol. The fourth-order valence-electron chi connectivity index (χ4n) is 1.33. The van der Waals surface area contributed by atoms with E-state index in [0.717, 1.165) is 18.2 Å². The Balaban J connectivity index is 2.00. The molecule has 2 aromatic rings. The number of nitrogens with one attached hydrogen (secondary N) is 2. The Hall–Kier alpha value is -2.27. The third-order valence-corrected chi connectivity index (χ3v) is 3.47. The van der Waals surface area contributed by atoms with Crippen LogP contribution in [0.2, 0.25) is 5.02 Å². The molecule has 0 spiro atoms. The predicted molar refractivity (Wildman–Crippen MR) is 72.8 cm³/mol. The number of carbonyl (C=O) groups is 2. The monoisotopic (exact) mass is 368 g/mol. The van der Waals surface area contributed by atoms with E-state index in [2.05, 4.69) is 10.2 Å². The Morgan fingerprint density at radius 1 is 1.22 bits per heavy atom. The van der Waals surface area contributed by atoms with Crippen molar-refractivity contribution in [3.63, 3.8) is 0 Å². The fourth-order valence-corrected chi connectivity index (χ4v) is 2.12. The molecule has 0 saturated heterocycles. The van der Waals surface area contributed by atoms with Crippen LogP contribution in [0.5, 0.6) is 0 Å². The molecule has 1 heterocycles. The van der Waals surface area contributed by atoms with Gasteiger partial charge in [0.25, 0.3) is 5.91 Å². The van der Waals surface area contributed by atoms with Crippen molar-refractivity contribution in [2.45, 2.75) is 6.18 Å². The van der Waals surface area contributed by atoms with Gasteiger partial charge in [-0.05, 0) is 18.2 Å². The number of rotatable bonds is 2. The van der Waals surface area contributed by atoms with Gasteiger partial charge >= 0.3 is 12.2 Å². The van der Waals surface area contributed by atoms with Crippen LogP contribution in [0.4, 0.5) is 27.5 Å². The van der Waals surface area contributed by atoms with E-state index >= 15 is 0 Å². The summed E-state index contributed by atoms with van der Waals surface area (Å²) in [7, 11) is 0. The predicted octanol–water partition coefficient (Wildman–Crippen LogP) is 3.31. The zero-order valence-corrected chi connectivity index (χ0v) is 12.3. The lowest BCUT2D eigenvalue weighted by molar-refractivity contribution is -0.138. The van der Waals surface area contributed by atoms with E-state index in [1.165, 1.54) is 0 Å². The van der Waals surface area contributed by atoms with Crippen molar-refractivity contribution in [1.82, 2.24) is 15.5 Å². The quantitative estimate of drug-likeness (QED) is 0.796. The zero-order chi connectivity index (χ0) is 17.2. The number of benzene rings is 1. The molecule has 0 radical (unpaired) electrons. The molecule has 122 valence electrons. The number of urea groups is 1. The largest absolute Gasteiger partial charge is 0.445 e.